The molecule has 0 unspecified atom stereocenters. The van der Waals surface area contributed by atoms with Gasteiger partial charge in [0.1, 0.15) is 12.4 Å². The summed E-state index contributed by atoms with van der Waals surface area (Å²) in [7, 11) is 0. The second kappa shape index (κ2) is 3.68. The van der Waals surface area contributed by atoms with Crippen LogP contribution in [0.2, 0.25) is 0 Å². The quantitative estimate of drug-likeness (QED) is 0.577. The van der Waals surface area contributed by atoms with E-state index in [1.54, 1.807) is 0 Å². The Morgan fingerprint density at radius 3 is 3.00 bits per heavy atom. The monoisotopic (exact) mass is 145 g/mol. The van der Waals surface area contributed by atoms with Gasteiger partial charge in [0, 0.05) is 0 Å². The number of benzene rings is 1. The molecule has 55 valence electrons. The lowest BCUT2D eigenvalue weighted by atomic mass is 10.2. The van der Waals surface area contributed by atoms with Crippen molar-refractivity contribution in [3.63, 3.8) is 0 Å². The van der Waals surface area contributed by atoms with Crippen molar-refractivity contribution in [1.29, 1.82) is 0 Å². The van der Waals surface area contributed by atoms with Gasteiger partial charge in [-0.1, -0.05) is 18.1 Å². The first-order valence-corrected chi connectivity index (χ1v) is 3.31. The Bertz CT molecular complexity index is 270. The molecule has 0 aliphatic heterocycles. The molecule has 0 aromatic heterocycles. The molecule has 1 aromatic rings. The zero-order valence-corrected chi connectivity index (χ0v) is 6.21. The highest BCUT2D eigenvalue weighted by molar-refractivity contribution is 5.30. The lowest BCUT2D eigenvalue weighted by Crippen LogP contribution is -1.92. The summed E-state index contributed by atoms with van der Waals surface area (Å²) in [6, 6.07) is 7.49. The number of hydrogen-bond acceptors (Lipinski definition) is 1. The first-order valence-electron chi connectivity index (χ1n) is 3.31. The van der Waals surface area contributed by atoms with Crippen LogP contribution in [-0.2, 0) is 0 Å². The predicted molar refractivity (Wildman–Crippen MR) is 45.2 cm³/mol. The fraction of sp³-hybridized carbons (Fsp3) is 0.100. The first-order chi connectivity index (χ1) is 5.33. The molecule has 0 bridgehead atoms. The molecular weight excluding hydrogens is 136 g/mol. The SMILES string of the molecule is C#CCOc1cccc([CH2])c1. The van der Waals surface area contributed by atoms with Gasteiger partial charge in [-0.15, -0.1) is 6.42 Å². The zero-order chi connectivity index (χ0) is 8.10. The summed E-state index contributed by atoms with van der Waals surface area (Å²) in [5.74, 6) is 3.17. The maximum absolute atomic E-state index is 5.16. The Morgan fingerprint density at radius 1 is 1.55 bits per heavy atom. The molecule has 0 fully saturated rings. The fourth-order valence-corrected chi connectivity index (χ4v) is 0.760. The van der Waals surface area contributed by atoms with Crippen molar-refractivity contribution in [1.82, 2.24) is 0 Å². The third-order valence-corrected chi connectivity index (χ3v) is 1.22. The van der Waals surface area contributed by atoms with Crippen molar-refractivity contribution in [2.24, 2.45) is 0 Å². The second-order valence-corrected chi connectivity index (χ2v) is 2.14. The van der Waals surface area contributed by atoms with E-state index in [1.807, 2.05) is 24.3 Å². The molecule has 1 rings (SSSR count). The Balaban J connectivity index is 2.65. The van der Waals surface area contributed by atoms with Crippen LogP contribution in [0, 0.1) is 19.3 Å². The molecular formula is C10H9O. The third kappa shape index (κ3) is 2.35. The summed E-state index contributed by atoms with van der Waals surface area (Å²) in [6.07, 6.45) is 5.02. The number of terminal acetylenes is 1. The molecule has 1 aromatic carbocycles. The van der Waals surface area contributed by atoms with Gasteiger partial charge in [-0.25, -0.2) is 0 Å². The average Bonchev–Trinajstić information content (AvgIpc) is 2.01. The summed E-state index contributed by atoms with van der Waals surface area (Å²) in [6.45, 7) is 4.07. The zero-order valence-electron chi connectivity index (χ0n) is 6.21. The molecule has 1 radical (unpaired) electrons. The van der Waals surface area contributed by atoms with Gasteiger partial charge in [0.05, 0.1) is 0 Å². The molecule has 0 atom stereocenters. The molecule has 0 amide bonds. The first kappa shape index (κ1) is 7.68. The molecule has 1 heteroatoms. The Kier molecular flexibility index (Phi) is 2.57. The highest BCUT2D eigenvalue weighted by Crippen LogP contribution is 2.11. The van der Waals surface area contributed by atoms with Crippen LogP contribution in [0.15, 0.2) is 24.3 Å². The van der Waals surface area contributed by atoms with E-state index in [-0.39, 0.29) is 0 Å². The van der Waals surface area contributed by atoms with Crippen molar-refractivity contribution in [3.8, 4) is 18.1 Å². The molecule has 0 N–H and O–H groups in total. The van der Waals surface area contributed by atoms with Crippen LogP contribution in [0.4, 0.5) is 0 Å². The minimum atomic E-state index is 0.309. The standard InChI is InChI=1S/C10H9O/c1-3-7-11-10-6-4-5-9(2)8-10/h1,4-6,8H,2,7H2. The highest BCUT2D eigenvalue weighted by Gasteiger charge is 1.90. The van der Waals surface area contributed by atoms with Crippen molar-refractivity contribution in [2.75, 3.05) is 6.61 Å². The molecule has 0 spiro atoms. The topological polar surface area (TPSA) is 9.23 Å². The molecule has 0 aliphatic rings. The summed E-state index contributed by atoms with van der Waals surface area (Å²) < 4.78 is 5.16. The molecule has 0 heterocycles. The number of rotatable bonds is 2. The van der Waals surface area contributed by atoms with Crippen molar-refractivity contribution < 1.29 is 4.74 Å². The molecule has 0 saturated heterocycles. The third-order valence-electron chi connectivity index (χ3n) is 1.22. The predicted octanol–water partition coefficient (Wildman–Crippen LogP) is 1.88. The number of hydrogen-bond donors (Lipinski definition) is 0. The Hall–Kier alpha value is -1.42. The smallest absolute Gasteiger partial charge is 0.148 e. The van der Waals surface area contributed by atoms with Gasteiger partial charge in [-0.2, -0.15) is 0 Å². The fourth-order valence-electron chi connectivity index (χ4n) is 0.760. The van der Waals surface area contributed by atoms with Crippen LogP contribution in [0.25, 0.3) is 0 Å². The molecule has 11 heavy (non-hydrogen) atoms. The van der Waals surface area contributed by atoms with E-state index in [2.05, 4.69) is 12.8 Å². The molecule has 0 saturated carbocycles. The van der Waals surface area contributed by atoms with Crippen LogP contribution in [0.3, 0.4) is 0 Å². The van der Waals surface area contributed by atoms with E-state index in [9.17, 15) is 0 Å². The van der Waals surface area contributed by atoms with Gasteiger partial charge in [0.2, 0.25) is 0 Å². The maximum Gasteiger partial charge on any atom is 0.148 e. The summed E-state index contributed by atoms with van der Waals surface area (Å²) in [5, 5.41) is 0. The van der Waals surface area contributed by atoms with Gasteiger partial charge in [0.25, 0.3) is 0 Å². The average molecular weight is 145 g/mol. The largest absolute Gasteiger partial charge is 0.481 e. The lowest BCUT2D eigenvalue weighted by Gasteiger charge is -2.01. The Morgan fingerprint density at radius 2 is 2.36 bits per heavy atom. The molecule has 0 aliphatic carbocycles. The minimum Gasteiger partial charge on any atom is -0.481 e. The van der Waals surface area contributed by atoms with E-state index in [0.29, 0.717) is 6.61 Å². The minimum absolute atomic E-state index is 0.309. The van der Waals surface area contributed by atoms with Crippen LogP contribution in [-0.4, -0.2) is 6.61 Å². The van der Waals surface area contributed by atoms with E-state index in [0.717, 1.165) is 11.3 Å². The Labute approximate surface area is 67.0 Å². The van der Waals surface area contributed by atoms with Crippen molar-refractivity contribution >= 4 is 0 Å². The van der Waals surface area contributed by atoms with E-state index < -0.39 is 0 Å². The van der Waals surface area contributed by atoms with Crippen LogP contribution < -0.4 is 4.74 Å². The number of ether oxygens (including phenoxy) is 1. The second-order valence-electron chi connectivity index (χ2n) is 2.14. The van der Waals surface area contributed by atoms with Crippen molar-refractivity contribution in [2.45, 2.75) is 0 Å². The van der Waals surface area contributed by atoms with E-state index in [4.69, 9.17) is 11.2 Å². The van der Waals surface area contributed by atoms with E-state index in [1.165, 1.54) is 0 Å². The van der Waals surface area contributed by atoms with Crippen LogP contribution in [0.5, 0.6) is 5.75 Å². The van der Waals surface area contributed by atoms with E-state index >= 15 is 0 Å². The van der Waals surface area contributed by atoms with Crippen LogP contribution >= 0.6 is 0 Å². The normalized spacial score (nSPS) is 8.73. The summed E-state index contributed by atoms with van der Waals surface area (Å²) >= 11 is 0. The van der Waals surface area contributed by atoms with Gasteiger partial charge >= 0.3 is 0 Å². The van der Waals surface area contributed by atoms with Crippen LogP contribution in [0.1, 0.15) is 5.56 Å². The van der Waals surface area contributed by atoms with Gasteiger partial charge in [0.15, 0.2) is 0 Å². The highest BCUT2D eigenvalue weighted by atomic mass is 16.5. The van der Waals surface area contributed by atoms with Gasteiger partial charge in [-0.05, 0) is 24.6 Å². The lowest BCUT2D eigenvalue weighted by molar-refractivity contribution is 0.370. The molecule has 1 nitrogen and oxygen atoms in total. The van der Waals surface area contributed by atoms with Gasteiger partial charge in [-0.3, -0.25) is 0 Å². The summed E-state index contributed by atoms with van der Waals surface area (Å²) in [5.41, 5.74) is 0.930. The summed E-state index contributed by atoms with van der Waals surface area (Å²) in [4.78, 5) is 0. The maximum atomic E-state index is 5.16. The van der Waals surface area contributed by atoms with Crippen molar-refractivity contribution in [3.05, 3.63) is 36.8 Å². The van der Waals surface area contributed by atoms with Gasteiger partial charge < -0.3 is 4.74 Å².